The zero-order valence-electron chi connectivity index (χ0n) is 19.7. The summed E-state index contributed by atoms with van der Waals surface area (Å²) >= 11 is 1.59. The van der Waals surface area contributed by atoms with E-state index in [9.17, 15) is 4.79 Å². The molecule has 0 aromatic heterocycles. The van der Waals surface area contributed by atoms with E-state index in [4.69, 9.17) is 14.5 Å². The van der Waals surface area contributed by atoms with Gasteiger partial charge in [-0.1, -0.05) is 39.8 Å². The predicted octanol–water partition coefficient (Wildman–Crippen LogP) is 5.29. The fourth-order valence-corrected chi connectivity index (χ4v) is 4.05. The zero-order valence-corrected chi connectivity index (χ0v) is 20.5. The molecule has 0 amide bonds. The minimum atomic E-state index is -0.320. The van der Waals surface area contributed by atoms with Crippen LogP contribution >= 0.6 is 11.8 Å². The number of esters is 1. The molecule has 5 nitrogen and oxygen atoms in total. The molecule has 0 aliphatic carbocycles. The average molecular weight is 437 g/mol. The van der Waals surface area contributed by atoms with Crippen molar-refractivity contribution < 1.29 is 14.3 Å². The molecule has 1 aliphatic heterocycles. The number of carbonyl (C=O) groups excluding carboxylic acids is 1. The molecule has 0 aromatic carbocycles. The maximum atomic E-state index is 12.3. The second-order valence-electron chi connectivity index (χ2n) is 8.40. The highest BCUT2D eigenvalue weighted by Crippen LogP contribution is 2.31. The summed E-state index contributed by atoms with van der Waals surface area (Å²) in [6.07, 6.45) is 8.02. The summed E-state index contributed by atoms with van der Waals surface area (Å²) in [6.45, 7) is 16.6. The second kappa shape index (κ2) is 13.7. The van der Waals surface area contributed by atoms with Crippen LogP contribution in [0, 0.1) is 5.41 Å². The Morgan fingerprint density at radius 2 is 2.10 bits per heavy atom. The molecule has 0 radical (unpaired) electrons. The lowest BCUT2D eigenvalue weighted by Crippen LogP contribution is -2.42. The number of methoxy groups -OCH3 is 1. The van der Waals surface area contributed by atoms with Crippen LogP contribution < -0.4 is 5.32 Å². The lowest BCUT2D eigenvalue weighted by Gasteiger charge is -2.29. The van der Waals surface area contributed by atoms with Crippen LogP contribution in [-0.4, -0.2) is 50.3 Å². The van der Waals surface area contributed by atoms with Gasteiger partial charge in [0.05, 0.1) is 26.0 Å². The topological polar surface area (TPSA) is 59.9 Å². The highest BCUT2D eigenvalue weighted by Gasteiger charge is 2.27. The van der Waals surface area contributed by atoms with E-state index in [2.05, 4.69) is 38.7 Å². The fourth-order valence-electron chi connectivity index (χ4n) is 3.13. The van der Waals surface area contributed by atoms with Crippen LogP contribution in [-0.2, 0) is 14.3 Å². The molecule has 1 aliphatic rings. The van der Waals surface area contributed by atoms with Crippen molar-refractivity contribution in [1.29, 1.82) is 0 Å². The van der Waals surface area contributed by atoms with Crippen LogP contribution in [0.3, 0.4) is 0 Å². The minimum Gasteiger partial charge on any atom is -0.501 e. The third kappa shape index (κ3) is 9.98. The SMILES string of the molecule is C=C1SCC(C(=O)OCC)NCCC(C)(C)CC1=NC/C(=C/C=C(\C)OC)CCC. The van der Waals surface area contributed by atoms with Crippen molar-refractivity contribution in [2.75, 3.05) is 32.6 Å². The van der Waals surface area contributed by atoms with Gasteiger partial charge in [-0.05, 0) is 56.7 Å². The predicted molar refractivity (Wildman–Crippen MR) is 129 cm³/mol. The van der Waals surface area contributed by atoms with Gasteiger partial charge in [-0.15, -0.1) is 11.8 Å². The number of nitrogens with one attached hydrogen (secondary N) is 1. The zero-order chi connectivity index (χ0) is 22.6. The molecule has 6 heteroatoms. The first kappa shape index (κ1) is 26.5. The summed E-state index contributed by atoms with van der Waals surface area (Å²) in [6, 6.07) is -0.320. The number of allylic oxidation sites excluding steroid dienone is 4. The molecule has 170 valence electrons. The van der Waals surface area contributed by atoms with Crippen molar-refractivity contribution in [2.45, 2.75) is 66.3 Å². The molecular formula is C24H40N2O3S. The Kier molecular flexibility index (Phi) is 12.1. The first-order valence-corrected chi connectivity index (χ1v) is 11.9. The van der Waals surface area contributed by atoms with E-state index in [1.165, 1.54) is 5.57 Å². The van der Waals surface area contributed by atoms with Crippen molar-refractivity contribution in [3.63, 3.8) is 0 Å². The van der Waals surface area contributed by atoms with Crippen LogP contribution in [0.4, 0.5) is 0 Å². The van der Waals surface area contributed by atoms with Crippen LogP contribution in [0.1, 0.15) is 60.3 Å². The molecule has 1 N–H and O–H groups in total. The molecule has 1 atom stereocenters. The van der Waals surface area contributed by atoms with Crippen molar-refractivity contribution in [3.8, 4) is 0 Å². The lowest BCUT2D eigenvalue weighted by molar-refractivity contribution is -0.145. The Balaban J connectivity index is 3.03. The van der Waals surface area contributed by atoms with Gasteiger partial charge in [-0.25, -0.2) is 0 Å². The van der Waals surface area contributed by atoms with Gasteiger partial charge >= 0.3 is 5.97 Å². The van der Waals surface area contributed by atoms with Crippen molar-refractivity contribution >= 4 is 23.4 Å². The van der Waals surface area contributed by atoms with Gasteiger partial charge in [0.2, 0.25) is 0 Å². The Hall–Kier alpha value is -1.53. The Labute approximate surface area is 187 Å². The van der Waals surface area contributed by atoms with E-state index in [-0.39, 0.29) is 17.4 Å². The summed E-state index contributed by atoms with van der Waals surface area (Å²) in [5.74, 6) is 1.29. The smallest absolute Gasteiger partial charge is 0.323 e. The average Bonchev–Trinajstić information content (AvgIpc) is 2.70. The Morgan fingerprint density at radius 1 is 1.37 bits per heavy atom. The standard InChI is InChI=1S/C24H40N2O3S/c1-8-10-20(12-11-18(3)28-7)16-26-21-15-24(5,6)13-14-25-22(17-30-19(21)4)23(27)29-9-2/h11-12,22,25H,4,8-10,13-17H2,1-3,5-7H3/b18-11+,20-12+,26-21?. The van der Waals surface area contributed by atoms with Crippen molar-refractivity contribution in [3.05, 3.63) is 35.0 Å². The van der Waals surface area contributed by atoms with E-state index in [0.717, 1.165) is 48.6 Å². The van der Waals surface area contributed by atoms with E-state index >= 15 is 0 Å². The lowest BCUT2D eigenvalue weighted by atomic mass is 9.83. The van der Waals surface area contributed by atoms with Crippen molar-refractivity contribution in [1.82, 2.24) is 5.32 Å². The highest BCUT2D eigenvalue weighted by atomic mass is 32.2. The van der Waals surface area contributed by atoms with E-state index in [1.807, 2.05) is 19.9 Å². The van der Waals surface area contributed by atoms with Gasteiger partial charge in [0.25, 0.3) is 0 Å². The number of rotatable bonds is 8. The quantitative estimate of drug-likeness (QED) is 0.318. The first-order chi connectivity index (χ1) is 14.2. The van der Waals surface area contributed by atoms with Gasteiger partial charge in [0.15, 0.2) is 0 Å². The maximum absolute atomic E-state index is 12.3. The van der Waals surface area contributed by atoms with Gasteiger partial charge in [-0.2, -0.15) is 0 Å². The van der Waals surface area contributed by atoms with E-state index < -0.39 is 0 Å². The summed E-state index contributed by atoms with van der Waals surface area (Å²) in [5.41, 5.74) is 2.39. The van der Waals surface area contributed by atoms with Gasteiger partial charge in [0, 0.05) is 16.4 Å². The van der Waals surface area contributed by atoms with Crippen LogP contribution in [0.15, 0.2) is 40.0 Å². The summed E-state index contributed by atoms with van der Waals surface area (Å²) in [7, 11) is 1.68. The van der Waals surface area contributed by atoms with Gasteiger partial charge in [0.1, 0.15) is 6.04 Å². The number of nitrogens with zero attached hydrogens (tertiary/aromatic N) is 1. The molecule has 0 bridgehead atoms. The summed E-state index contributed by atoms with van der Waals surface area (Å²) in [5, 5.41) is 3.36. The molecule has 1 unspecified atom stereocenters. The third-order valence-corrected chi connectivity index (χ3v) is 6.16. The molecule has 1 rings (SSSR count). The summed E-state index contributed by atoms with van der Waals surface area (Å²) < 4.78 is 10.5. The largest absolute Gasteiger partial charge is 0.501 e. The molecule has 0 aromatic rings. The Bertz CT molecular complexity index is 665. The Morgan fingerprint density at radius 3 is 2.73 bits per heavy atom. The number of thioether (sulfide) groups is 1. The van der Waals surface area contributed by atoms with E-state index in [1.54, 1.807) is 18.9 Å². The second-order valence-corrected chi connectivity index (χ2v) is 9.52. The van der Waals surface area contributed by atoms with E-state index in [0.29, 0.717) is 18.9 Å². The molecule has 0 spiro atoms. The third-order valence-electron chi connectivity index (χ3n) is 5.08. The molecule has 0 saturated carbocycles. The number of ether oxygens (including phenoxy) is 2. The maximum Gasteiger partial charge on any atom is 0.323 e. The van der Waals surface area contributed by atoms with Gasteiger partial charge in [-0.3, -0.25) is 9.79 Å². The van der Waals surface area contributed by atoms with Crippen LogP contribution in [0.25, 0.3) is 0 Å². The molecule has 1 heterocycles. The van der Waals surface area contributed by atoms with Crippen LogP contribution in [0.5, 0.6) is 0 Å². The van der Waals surface area contributed by atoms with Crippen molar-refractivity contribution in [2.24, 2.45) is 10.4 Å². The number of hydrogen-bond donors (Lipinski definition) is 1. The number of carbonyl (C=O) groups is 1. The monoisotopic (exact) mass is 436 g/mol. The normalized spacial score (nSPS) is 22.7. The molecule has 30 heavy (non-hydrogen) atoms. The number of hydrogen-bond acceptors (Lipinski definition) is 6. The first-order valence-electron chi connectivity index (χ1n) is 10.9. The fraction of sp³-hybridized carbons (Fsp3) is 0.667. The minimum absolute atomic E-state index is 0.0626. The molecule has 1 fully saturated rings. The molecule has 1 saturated heterocycles. The van der Waals surface area contributed by atoms with Crippen LogP contribution in [0.2, 0.25) is 0 Å². The van der Waals surface area contributed by atoms with Gasteiger partial charge < -0.3 is 14.8 Å². The summed E-state index contributed by atoms with van der Waals surface area (Å²) in [4.78, 5) is 18.2. The number of aliphatic imine (C=N–C) groups is 1. The molecular weight excluding hydrogens is 396 g/mol. The highest BCUT2D eigenvalue weighted by molar-refractivity contribution is 8.04.